The molecule has 1 aromatic carbocycles. The van der Waals surface area contributed by atoms with E-state index in [4.69, 9.17) is 11.6 Å². The predicted molar refractivity (Wildman–Crippen MR) is 66.9 cm³/mol. The van der Waals surface area contributed by atoms with Crippen LogP contribution in [0, 0.1) is 5.82 Å². The lowest BCUT2D eigenvalue weighted by molar-refractivity contribution is -0.116. The van der Waals surface area contributed by atoms with Crippen molar-refractivity contribution in [2.75, 3.05) is 0 Å². The maximum absolute atomic E-state index is 13.0. The smallest absolute Gasteiger partial charge is 0.141 e. The lowest BCUT2D eigenvalue weighted by Crippen LogP contribution is -1.95. The fraction of sp³-hybridized carbons (Fsp3) is 0.167. The molecule has 0 aliphatic heterocycles. The van der Waals surface area contributed by atoms with Gasteiger partial charge in [-0.1, -0.05) is 11.6 Å². The van der Waals surface area contributed by atoms with Gasteiger partial charge in [0.1, 0.15) is 16.6 Å². The number of Topliss-reactive ketones (excluding diaryl/α,β-unsaturated/α-hetero) is 1. The van der Waals surface area contributed by atoms with Gasteiger partial charge in [-0.3, -0.25) is 4.79 Å². The molecule has 0 radical (unpaired) electrons. The first-order valence-electron chi connectivity index (χ1n) is 4.95. The molecule has 0 saturated carbocycles. The molecule has 0 N–H and O–H groups in total. The van der Waals surface area contributed by atoms with Crippen molar-refractivity contribution in [3.05, 3.63) is 39.4 Å². The Bertz CT molecular complexity index is 567. The van der Waals surface area contributed by atoms with E-state index in [1.165, 1.54) is 30.4 Å². The number of benzene rings is 1. The van der Waals surface area contributed by atoms with E-state index in [0.717, 1.165) is 10.6 Å². The summed E-state index contributed by atoms with van der Waals surface area (Å²) in [5.74, 6) is -0.377. The standard InChI is InChI=1S/C12H9ClFNOS/c1-7(16)4-12-15-11(6-17-12)8-2-3-10(14)9(13)5-8/h2-3,5-6H,4H2,1H3. The normalized spacial score (nSPS) is 10.5. The van der Waals surface area contributed by atoms with E-state index in [-0.39, 0.29) is 10.8 Å². The minimum Gasteiger partial charge on any atom is -0.300 e. The molecule has 2 rings (SSSR count). The van der Waals surface area contributed by atoms with Crippen molar-refractivity contribution in [1.29, 1.82) is 0 Å². The van der Waals surface area contributed by atoms with Crippen LogP contribution in [-0.2, 0) is 11.2 Å². The molecule has 0 fully saturated rings. The topological polar surface area (TPSA) is 30.0 Å². The van der Waals surface area contributed by atoms with Crippen molar-refractivity contribution < 1.29 is 9.18 Å². The van der Waals surface area contributed by atoms with Crippen molar-refractivity contribution in [2.45, 2.75) is 13.3 Å². The first-order chi connectivity index (χ1) is 8.06. The molecule has 2 aromatic rings. The van der Waals surface area contributed by atoms with E-state index in [2.05, 4.69) is 4.98 Å². The van der Waals surface area contributed by atoms with Gasteiger partial charge in [0.25, 0.3) is 0 Å². The number of rotatable bonds is 3. The lowest BCUT2D eigenvalue weighted by atomic mass is 10.2. The molecule has 0 aliphatic rings. The maximum atomic E-state index is 13.0. The summed E-state index contributed by atoms with van der Waals surface area (Å²) in [6.07, 6.45) is 0.333. The number of hydrogen-bond acceptors (Lipinski definition) is 3. The van der Waals surface area contributed by atoms with Crippen LogP contribution in [0.5, 0.6) is 0 Å². The Morgan fingerprint density at radius 1 is 1.53 bits per heavy atom. The molecule has 0 amide bonds. The minimum absolute atomic E-state index is 0.0723. The summed E-state index contributed by atoms with van der Waals surface area (Å²) in [5.41, 5.74) is 1.47. The molecular weight excluding hydrogens is 261 g/mol. The zero-order chi connectivity index (χ0) is 12.4. The number of carbonyl (C=O) groups excluding carboxylic acids is 1. The lowest BCUT2D eigenvalue weighted by Gasteiger charge is -1.98. The predicted octanol–water partition coefficient (Wildman–Crippen LogP) is 3.73. The quantitative estimate of drug-likeness (QED) is 0.850. The van der Waals surface area contributed by atoms with Gasteiger partial charge in [-0.05, 0) is 25.1 Å². The van der Waals surface area contributed by atoms with Crippen molar-refractivity contribution >= 4 is 28.7 Å². The highest BCUT2D eigenvalue weighted by molar-refractivity contribution is 7.10. The Morgan fingerprint density at radius 2 is 2.29 bits per heavy atom. The SMILES string of the molecule is CC(=O)Cc1nc(-c2ccc(F)c(Cl)c2)cs1. The van der Waals surface area contributed by atoms with Crippen LogP contribution in [0.2, 0.25) is 5.02 Å². The van der Waals surface area contributed by atoms with Crippen LogP contribution in [0.25, 0.3) is 11.3 Å². The zero-order valence-electron chi connectivity index (χ0n) is 9.04. The number of aromatic nitrogens is 1. The third-order valence-electron chi connectivity index (χ3n) is 2.17. The molecule has 1 aromatic heterocycles. The van der Waals surface area contributed by atoms with E-state index in [1.54, 1.807) is 6.07 Å². The fourth-order valence-electron chi connectivity index (χ4n) is 1.39. The summed E-state index contributed by atoms with van der Waals surface area (Å²) in [7, 11) is 0. The van der Waals surface area contributed by atoms with Crippen LogP contribution in [0.3, 0.4) is 0 Å². The van der Waals surface area contributed by atoms with Gasteiger partial charge < -0.3 is 0 Å². The van der Waals surface area contributed by atoms with Crippen molar-refractivity contribution in [3.8, 4) is 11.3 Å². The second-order valence-electron chi connectivity index (χ2n) is 3.63. The maximum Gasteiger partial charge on any atom is 0.141 e. The number of hydrogen-bond donors (Lipinski definition) is 0. The summed E-state index contributed by atoms with van der Waals surface area (Å²) >= 11 is 7.12. The Kier molecular flexibility index (Phi) is 3.54. The van der Waals surface area contributed by atoms with Crippen molar-refractivity contribution in [3.63, 3.8) is 0 Å². The Balaban J connectivity index is 2.30. The molecule has 2 nitrogen and oxygen atoms in total. The number of carbonyl (C=O) groups is 1. The van der Waals surface area contributed by atoms with E-state index in [1.807, 2.05) is 5.38 Å². The second-order valence-corrected chi connectivity index (χ2v) is 4.98. The molecule has 0 aliphatic carbocycles. The summed E-state index contributed by atoms with van der Waals surface area (Å²) in [5, 5.41) is 2.67. The van der Waals surface area contributed by atoms with Crippen LogP contribution in [0.1, 0.15) is 11.9 Å². The van der Waals surface area contributed by atoms with Gasteiger partial charge >= 0.3 is 0 Å². The van der Waals surface area contributed by atoms with Crippen LogP contribution in [0.15, 0.2) is 23.6 Å². The highest BCUT2D eigenvalue weighted by atomic mass is 35.5. The average Bonchev–Trinajstić information content (AvgIpc) is 2.69. The molecule has 0 spiro atoms. The third-order valence-corrected chi connectivity index (χ3v) is 3.31. The highest BCUT2D eigenvalue weighted by Gasteiger charge is 2.08. The summed E-state index contributed by atoms with van der Waals surface area (Å²) < 4.78 is 13.0. The van der Waals surface area contributed by atoms with Gasteiger partial charge in [0, 0.05) is 10.9 Å². The highest BCUT2D eigenvalue weighted by Crippen LogP contribution is 2.26. The molecule has 0 saturated heterocycles. The minimum atomic E-state index is -0.449. The molecule has 0 atom stereocenters. The summed E-state index contributed by atoms with van der Waals surface area (Å²) in [6.45, 7) is 1.52. The van der Waals surface area contributed by atoms with E-state index in [9.17, 15) is 9.18 Å². The first-order valence-corrected chi connectivity index (χ1v) is 6.21. The molecule has 1 heterocycles. The number of thiazole rings is 1. The Morgan fingerprint density at radius 3 is 2.94 bits per heavy atom. The monoisotopic (exact) mass is 269 g/mol. The van der Waals surface area contributed by atoms with Crippen molar-refractivity contribution in [1.82, 2.24) is 4.98 Å². The fourth-order valence-corrected chi connectivity index (χ4v) is 2.45. The van der Waals surface area contributed by atoms with Gasteiger partial charge in [0.05, 0.1) is 17.1 Å². The molecule has 88 valence electrons. The number of ketones is 1. The summed E-state index contributed by atoms with van der Waals surface area (Å²) in [6, 6.07) is 4.46. The average molecular weight is 270 g/mol. The molecule has 0 bridgehead atoms. The van der Waals surface area contributed by atoms with Crippen LogP contribution >= 0.6 is 22.9 Å². The van der Waals surface area contributed by atoms with E-state index in [0.29, 0.717) is 12.1 Å². The first kappa shape index (κ1) is 12.2. The molecule has 17 heavy (non-hydrogen) atoms. The van der Waals surface area contributed by atoms with E-state index >= 15 is 0 Å². The van der Waals surface area contributed by atoms with E-state index < -0.39 is 5.82 Å². The Hall–Kier alpha value is -1.26. The molecule has 5 heteroatoms. The third kappa shape index (κ3) is 2.90. The largest absolute Gasteiger partial charge is 0.300 e. The van der Waals surface area contributed by atoms with Gasteiger partial charge in [0.15, 0.2) is 0 Å². The van der Waals surface area contributed by atoms with Gasteiger partial charge in [-0.2, -0.15) is 0 Å². The van der Waals surface area contributed by atoms with Crippen molar-refractivity contribution in [2.24, 2.45) is 0 Å². The second kappa shape index (κ2) is 4.94. The van der Waals surface area contributed by atoms with Crippen LogP contribution < -0.4 is 0 Å². The number of nitrogens with zero attached hydrogens (tertiary/aromatic N) is 1. The van der Waals surface area contributed by atoms with Gasteiger partial charge in [-0.15, -0.1) is 11.3 Å². The van der Waals surface area contributed by atoms with Gasteiger partial charge in [-0.25, -0.2) is 9.37 Å². The summed E-state index contributed by atoms with van der Waals surface area (Å²) in [4.78, 5) is 15.3. The number of halogens is 2. The van der Waals surface area contributed by atoms with Crippen LogP contribution in [-0.4, -0.2) is 10.8 Å². The zero-order valence-corrected chi connectivity index (χ0v) is 10.6. The van der Waals surface area contributed by atoms with Crippen LogP contribution in [0.4, 0.5) is 4.39 Å². The Labute approximate surface area is 107 Å². The van der Waals surface area contributed by atoms with Gasteiger partial charge in [0.2, 0.25) is 0 Å². The molecular formula is C12H9ClFNOS. The molecule has 0 unspecified atom stereocenters.